The van der Waals surface area contributed by atoms with Gasteiger partial charge in [-0.15, -0.1) is 0 Å². The van der Waals surface area contributed by atoms with E-state index in [4.69, 9.17) is 4.18 Å². The largest absolute Gasteiger partial charge is 0.379 e. The van der Waals surface area contributed by atoms with Crippen molar-refractivity contribution in [1.29, 1.82) is 0 Å². The van der Waals surface area contributed by atoms with Crippen LogP contribution in [0, 0.1) is 12.3 Å². The van der Waals surface area contributed by atoms with Crippen molar-refractivity contribution in [2.45, 2.75) is 38.5 Å². The fourth-order valence-corrected chi connectivity index (χ4v) is 4.29. The molecule has 0 spiro atoms. The predicted molar refractivity (Wildman–Crippen MR) is 113 cm³/mol. The summed E-state index contributed by atoms with van der Waals surface area (Å²) in [6.45, 7) is 6.29. The lowest BCUT2D eigenvalue weighted by atomic mass is 9.80. The maximum absolute atomic E-state index is 12.7. The topological polar surface area (TPSA) is 43.4 Å². The second kappa shape index (κ2) is 8.19. The Morgan fingerprint density at radius 1 is 0.786 bits per heavy atom. The minimum atomic E-state index is -3.87. The highest BCUT2D eigenvalue weighted by molar-refractivity contribution is 7.87. The highest BCUT2D eigenvalue weighted by Crippen LogP contribution is 2.32. The van der Waals surface area contributed by atoms with Crippen LogP contribution < -0.4 is 4.18 Å². The normalized spacial score (nSPS) is 12.0. The molecule has 0 N–H and O–H groups in total. The standard InChI is InChI=1S/C24H26O3S/c1-19-13-15-22(16-14-19)28(25,26)27-23-12-8-7-11-21(23)18-24(2,3)17-20-9-5-4-6-10-20/h4-16H,17-18H2,1-3H3. The van der Waals surface area contributed by atoms with E-state index < -0.39 is 10.1 Å². The summed E-state index contributed by atoms with van der Waals surface area (Å²) in [5, 5.41) is 0. The lowest BCUT2D eigenvalue weighted by molar-refractivity contribution is 0.356. The van der Waals surface area contributed by atoms with Gasteiger partial charge < -0.3 is 4.18 Å². The smallest absolute Gasteiger partial charge is 0.339 e. The minimum Gasteiger partial charge on any atom is -0.379 e. The monoisotopic (exact) mass is 394 g/mol. The van der Waals surface area contributed by atoms with Gasteiger partial charge in [-0.1, -0.05) is 80.1 Å². The molecular formula is C24H26O3S. The fraction of sp³-hybridized carbons (Fsp3) is 0.250. The molecule has 0 radical (unpaired) electrons. The van der Waals surface area contributed by atoms with E-state index in [9.17, 15) is 8.42 Å². The van der Waals surface area contributed by atoms with E-state index in [1.165, 1.54) is 5.56 Å². The van der Waals surface area contributed by atoms with Crippen LogP contribution in [0.5, 0.6) is 5.75 Å². The van der Waals surface area contributed by atoms with Gasteiger partial charge in [-0.05, 0) is 54.5 Å². The Balaban J connectivity index is 1.82. The highest BCUT2D eigenvalue weighted by Gasteiger charge is 2.23. The zero-order chi connectivity index (χ0) is 20.2. The Morgan fingerprint density at radius 2 is 1.39 bits per heavy atom. The van der Waals surface area contributed by atoms with E-state index in [0.717, 1.165) is 17.5 Å². The molecule has 146 valence electrons. The van der Waals surface area contributed by atoms with Crippen LogP contribution in [0.1, 0.15) is 30.5 Å². The summed E-state index contributed by atoms with van der Waals surface area (Å²) in [7, 11) is -3.87. The van der Waals surface area contributed by atoms with Crippen molar-refractivity contribution in [3.8, 4) is 5.75 Å². The quantitative estimate of drug-likeness (QED) is 0.492. The molecule has 4 heteroatoms. The van der Waals surface area contributed by atoms with Gasteiger partial charge in [-0.2, -0.15) is 8.42 Å². The van der Waals surface area contributed by atoms with Gasteiger partial charge in [-0.25, -0.2) is 0 Å². The molecule has 0 atom stereocenters. The van der Waals surface area contributed by atoms with Crippen LogP contribution in [0.4, 0.5) is 0 Å². The molecule has 0 aliphatic carbocycles. The number of hydrogen-bond donors (Lipinski definition) is 0. The summed E-state index contributed by atoms with van der Waals surface area (Å²) in [6.07, 6.45) is 1.61. The van der Waals surface area contributed by atoms with Crippen LogP contribution in [-0.4, -0.2) is 8.42 Å². The van der Waals surface area contributed by atoms with Crippen LogP contribution in [0.2, 0.25) is 0 Å². The molecule has 28 heavy (non-hydrogen) atoms. The van der Waals surface area contributed by atoms with Gasteiger partial charge >= 0.3 is 10.1 Å². The number of benzene rings is 3. The molecule has 0 heterocycles. The van der Waals surface area contributed by atoms with Gasteiger partial charge in [0.15, 0.2) is 0 Å². The summed E-state index contributed by atoms with van der Waals surface area (Å²) >= 11 is 0. The predicted octanol–water partition coefficient (Wildman–Crippen LogP) is 5.57. The van der Waals surface area contributed by atoms with Crippen LogP contribution >= 0.6 is 0 Å². The van der Waals surface area contributed by atoms with Crippen LogP contribution in [-0.2, 0) is 23.0 Å². The van der Waals surface area contributed by atoms with Crippen molar-refractivity contribution in [3.63, 3.8) is 0 Å². The Kier molecular flexibility index (Phi) is 5.90. The van der Waals surface area contributed by atoms with Gasteiger partial charge in [0.1, 0.15) is 10.6 Å². The Morgan fingerprint density at radius 3 is 2.07 bits per heavy atom. The van der Waals surface area contributed by atoms with Gasteiger partial charge in [0.25, 0.3) is 0 Å². The average molecular weight is 395 g/mol. The van der Waals surface area contributed by atoms with Crippen molar-refractivity contribution in [2.24, 2.45) is 5.41 Å². The molecule has 0 saturated heterocycles. The molecular weight excluding hydrogens is 368 g/mol. The Hall–Kier alpha value is -2.59. The molecule has 0 bridgehead atoms. The fourth-order valence-electron chi connectivity index (χ4n) is 3.33. The SMILES string of the molecule is Cc1ccc(S(=O)(=O)Oc2ccccc2CC(C)(C)Cc2ccccc2)cc1. The molecule has 0 amide bonds. The van der Waals surface area contributed by atoms with Gasteiger partial charge in [-0.3, -0.25) is 0 Å². The first kappa shape index (κ1) is 20.2. The van der Waals surface area contributed by atoms with E-state index >= 15 is 0 Å². The maximum Gasteiger partial charge on any atom is 0.339 e. The Bertz CT molecular complexity index is 1020. The van der Waals surface area contributed by atoms with Gasteiger partial charge in [0, 0.05) is 0 Å². The van der Waals surface area contributed by atoms with Crippen molar-refractivity contribution >= 4 is 10.1 Å². The van der Waals surface area contributed by atoms with E-state index in [2.05, 4.69) is 26.0 Å². The summed E-state index contributed by atoms with van der Waals surface area (Å²) < 4.78 is 30.9. The van der Waals surface area contributed by atoms with Crippen molar-refractivity contribution < 1.29 is 12.6 Å². The minimum absolute atomic E-state index is 0.0472. The lowest BCUT2D eigenvalue weighted by Crippen LogP contribution is -2.19. The third-order valence-corrected chi connectivity index (χ3v) is 5.92. The number of aryl methyl sites for hydroxylation is 1. The molecule has 0 unspecified atom stereocenters. The molecule has 0 aromatic heterocycles. The van der Waals surface area contributed by atoms with E-state index in [-0.39, 0.29) is 10.3 Å². The molecule has 3 aromatic carbocycles. The first-order chi connectivity index (χ1) is 13.3. The van der Waals surface area contributed by atoms with Crippen molar-refractivity contribution in [1.82, 2.24) is 0 Å². The molecule has 0 aliphatic heterocycles. The molecule has 3 rings (SSSR count). The first-order valence-electron chi connectivity index (χ1n) is 9.38. The van der Waals surface area contributed by atoms with Gasteiger partial charge in [0.05, 0.1) is 0 Å². The Labute approximate surface area is 168 Å². The molecule has 0 aliphatic rings. The van der Waals surface area contributed by atoms with E-state index in [0.29, 0.717) is 12.2 Å². The third kappa shape index (κ3) is 5.23. The lowest BCUT2D eigenvalue weighted by Gasteiger charge is -2.26. The van der Waals surface area contributed by atoms with Crippen LogP contribution in [0.3, 0.4) is 0 Å². The molecule has 0 fully saturated rings. The summed E-state index contributed by atoms with van der Waals surface area (Å²) in [4.78, 5) is 0.163. The molecule has 3 nitrogen and oxygen atoms in total. The second-order valence-electron chi connectivity index (χ2n) is 7.96. The highest BCUT2D eigenvalue weighted by atomic mass is 32.2. The molecule has 0 saturated carbocycles. The number of hydrogen-bond acceptors (Lipinski definition) is 3. The van der Waals surface area contributed by atoms with Crippen LogP contribution in [0.15, 0.2) is 83.8 Å². The zero-order valence-corrected chi connectivity index (χ0v) is 17.4. The summed E-state index contributed by atoms with van der Waals surface area (Å²) in [5.74, 6) is 0.393. The molecule has 3 aromatic rings. The number of para-hydroxylation sites is 1. The number of rotatable bonds is 7. The second-order valence-corrected chi connectivity index (χ2v) is 9.51. The third-order valence-electron chi connectivity index (χ3n) is 4.68. The average Bonchev–Trinajstić information content (AvgIpc) is 2.64. The summed E-state index contributed by atoms with van der Waals surface area (Å²) in [5.41, 5.74) is 3.10. The van der Waals surface area contributed by atoms with E-state index in [1.807, 2.05) is 37.3 Å². The summed E-state index contributed by atoms with van der Waals surface area (Å²) in [6, 6.07) is 24.4. The van der Waals surface area contributed by atoms with Crippen molar-refractivity contribution in [2.75, 3.05) is 0 Å². The van der Waals surface area contributed by atoms with Gasteiger partial charge in [0.2, 0.25) is 0 Å². The van der Waals surface area contributed by atoms with E-state index in [1.54, 1.807) is 36.4 Å². The zero-order valence-electron chi connectivity index (χ0n) is 16.6. The van der Waals surface area contributed by atoms with Crippen LogP contribution in [0.25, 0.3) is 0 Å². The first-order valence-corrected chi connectivity index (χ1v) is 10.8. The maximum atomic E-state index is 12.7. The van der Waals surface area contributed by atoms with Crippen molar-refractivity contribution in [3.05, 3.63) is 95.6 Å².